The maximum atomic E-state index is 13.0. The van der Waals surface area contributed by atoms with Crippen LogP contribution >= 0.6 is 12.2 Å². The highest BCUT2D eigenvalue weighted by Gasteiger charge is 2.51. The van der Waals surface area contributed by atoms with Gasteiger partial charge in [0.2, 0.25) is 4.77 Å². The molecule has 1 aliphatic carbocycles. The van der Waals surface area contributed by atoms with Crippen LogP contribution in [0.5, 0.6) is 0 Å². The van der Waals surface area contributed by atoms with Gasteiger partial charge in [0.1, 0.15) is 17.7 Å². The molecule has 0 aromatic carbocycles. The van der Waals surface area contributed by atoms with Crippen LogP contribution in [-0.4, -0.2) is 30.5 Å². The number of aromatic amines is 1. The second-order valence-corrected chi connectivity index (χ2v) is 6.94. The Morgan fingerprint density at radius 3 is 2.83 bits per heavy atom. The van der Waals surface area contributed by atoms with Gasteiger partial charge in [-0.3, -0.25) is 14.8 Å². The largest absolute Gasteiger partial charge is 0.383 e. The molecule has 122 valence electrons. The zero-order valence-corrected chi connectivity index (χ0v) is 13.9. The first kappa shape index (κ1) is 16.0. The molecule has 2 aromatic rings. The van der Waals surface area contributed by atoms with Crippen molar-refractivity contribution in [2.45, 2.75) is 38.8 Å². The summed E-state index contributed by atoms with van der Waals surface area (Å²) in [5.41, 5.74) is 0.107. The second-order valence-electron chi connectivity index (χ2n) is 6.57. The van der Waals surface area contributed by atoms with Crippen molar-refractivity contribution in [3.05, 3.63) is 46.5 Å². The summed E-state index contributed by atoms with van der Waals surface area (Å²) < 4.78 is 15.1. The summed E-state index contributed by atoms with van der Waals surface area (Å²) >= 11 is 5.16. The Hall–Kier alpha value is -1.86. The van der Waals surface area contributed by atoms with Crippen molar-refractivity contribution in [2.75, 3.05) is 0 Å². The second kappa shape index (κ2) is 5.65. The van der Waals surface area contributed by atoms with Gasteiger partial charge < -0.3 is 5.11 Å². The Labute approximate surface area is 138 Å². The fourth-order valence-corrected chi connectivity index (χ4v) is 3.24. The molecular formula is C16H19FN4OS. The third kappa shape index (κ3) is 2.86. The summed E-state index contributed by atoms with van der Waals surface area (Å²) in [4.78, 5) is 8.05. The molecule has 1 fully saturated rings. The lowest BCUT2D eigenvalue weighted by Gasteiger charge is -2.37. The van der Waals surface area contributed by atoms with Gasteiger partial charge in [0.15, 0.2) is 0 Å². The molecular weight excluding hydrogens is 315 g/mol. The number of H-pyrrole nitrogens is 1. The summed E-state index contributed by atoms with van der Waals surface area (Å²) in [6, 6.07) is 2.97. The Kier molecular flexibility index (Phi) is 3.93. The van der Waals surface area contributed by atoms with E-state index in [1.54, 1.807) is 10.7 Å². The first-order valence-corrected chi connectivity index (χ1v) is 7.88. The van der Waals surface area contributed by atoms with E-state index in [1.807, 2.05) is 19.9 Å². The quantitative estimate of drug-likeness (QED) is 0.847. The van der Waals surface area contributed by atoms with Crippen molar-refractivity contribution in [1.29, 1.82) is 0 Å². The summed E-state index contributed by atoms with van der Waals surface area (Å²) in [6.45, 7) is 4.36. The molecule has 0 bridgehead atoms. The molecule has 1 saturated carbocycles. The lowest BCUT2D eigenvalue weighted by atomic mass is 9.76. The maximum absolute atomic E-state index is 13.0. The van der Waals surface area contributed by atoms with Gasteiger partial charge in [-0.15, -0.1) is 0 Å². The van der Waals surface area contributed by atoms with Gasteiger partial charge in [-0.05, 0) is 54.3 Å². The molecule has 5 nitrogen and oxygen atoms in total. The fourth-order valence-electron chi connectivity index (χ4n) is 3.07. The van der Waals surface area contributed by atoms with Gasteiger partial charge in [0.05, 0.1) is 18.4 Å². The molecule has 1 aliphatic rings. The van der Waals surface area contributed by atoms with Crippen LogP contribution in [0.15, 0.2) is 30.2 Å². The molecule has 2 N–H and O–H groups in total. The number of pyridine rings is 1. The monoisotopic (exact) mass is 334 g/mol. The van der Waals surface area contributed by atoms with Crippen molar-refractivity contribution in [3.63, 3.8) is 0 Å². The average Bonchev–Trinajstić information content (AvgIpc) is 2.98. The van der Waals surface area contributed by atoms with Crippen LogP contribution in [0.2, 0.25) is 0 Å². The fraction of sp³-hybridized carbons (Fsp3) is 0.438. The minimum atomic E-state index is -1.08. The Bertz CT molecular complexity index is 793. The number of rotatable bonds is 3. The van der Waals surface area contributed by atoms with E-state index in [1.165, 1.54) is 18.6 Å². The average molecular weight is 334 g/mol. The van der Waals surface area contributed by atoms with Crippen molar-refractivity contribution in [1.82, 2.24) is 19.7 Å². The summed E-state index contributed by atoms with van der Waals surface area (Å²) in [5, 5.41) is 14.3. The van der Waals surface area contributed by atoms with Gasteiger partial charge in [0, 0.05) is 0 Å². The van der Waals surface area contributed by atoms with Crippen molar-refractivity contribution in [2.24, 2.45) is 5.41 Å². The molecule has 7 heteroatoms. The Balaban J connectivity index is 2.00. The van der Waals surface area contributed by atoms with E-state index < -0.39 is 5.60 Å². The van der Waals surface area contributed by atoms with E-state index in [0.717, 1.165) is 18.4 Å². The zero-order valence-electron chi connectivity index (χ0n) is 13.1. The van der Waals surface area contributed by atoms with Crippen molar-refractivity contribution in [3.8, 4) is 0 Å². The van der Waals surface area contributed by atoms with E-state index in [9.17, 15) is 9.50 Å². The van der Waals surface area contributed by atoms with Gasteiger partial charge in [-0.2, -0.15) is 0 Å². The zero-order chi connectivity index (χ0) is 16.7. The topological polar surface area (TPSA) is 66.7 Å². The molecule has 0 aliphatic heterocycles. The number of aliphatic hydroxyl groups is 1. The normalized spacial score (nSPS) is 25.1. The minimum Gasteiger partial charge on any atom is -0.383 e. The first-order valence-electron chi connectivity index (χ1n) is 7.47. The lowest BCUT2D eigenvalue weighted by Crippen LogP contribution is -2.45. The SMILES string of the molecule is CC1(C)CCC(=Cc2ccc(F)cn2)C1(O)Cn1[nH]cnc1=S. The van der Waals surface area contributed by atoms with Crippen LogP contribution < -0.4 is 0 Å². The molecule has 2 heterocycles. The standard InChI is InChI=1S/C16H19FN4OS/c1-15(2)6-5-11(7-13-4-3-12(17)8-18-13)16(15,22)9-21-14(23)19-10-20-21/h3-4,7-8,10,22H,5-6,9H2,1-2H3,(H,19,20,23). The number of halogens is 1. The van der Waals surface area contributed by atoms with Crippen molar-refractivity contribution < 1.29 is 9.50 Å². The highest BCUT2D eigenvalue weighted by Crippen LogP contribution is 2.50. The highest BCUT2D eigenvalue weighted by molar-refractivity contribution is 7.71. The van der Waals surface area contributed by atoms with Gasteiger partial charge in [-0.25, -0.2) is 9.37 Å². The molecule has 0 radical (unpaired) electrons. The summed E-state index contributed by atoms with van der Waals surface area (Å²) in [6.07, 6.45) is 6.13. The van der Waals surface area contributed by atoms with Crippen LogP contribution in [-0.2, 0) is 6.54 Å². The predicted molar refractivity (Wildman–Crippen MR) is 87.5 cm³/mol. The van der Waals surface area contributed by atoms with Crippen LogP contribution in [0.4, 0.5) is 4.39 Å². The minimum absolute atomic E-state index is 0.297. The van der Waals surface area contributed by atoms with E-state index in [2.05, 4.69) is 15.1 Å². The number of hydrogen-bond acceptors (Lipinski definition) is 4. The molecule has 2 aromatic heterocycles. The smallest absolute Gasteiger partial charge is 0.215 e. The molecule has 0 amide bonds. The summed E-state index contributed by atoms with van der Waals surface area (Å²) in [5.74, 6) is -0.377. The first-order chi connectivity index (χ1) is 10.8. The molecule has 0 spiro atoms. The van der Waals surface area contributed by atoms with Crippen LogP contribution in [0.3, 0.4) is 0 Å². The van der Waals surface area contributed by atoms with E-state index in [-0.39, 0.29) is 11.2 Å². The van der Waals surface area contributed by atoms with E-state index in [4.69, 9.17) is 12.2 Å². The van der Waals surface area contributed by atoms with E-state index >= 15 is 0 Å². The molecule has 1 unspecified atom stereocenters. The van der Waals surface area contributed by atoms with E-state index in [0.29, 0.717) is 17.0 Å². The highest BCUT2D eigenvalue weighted by atomic mass is 32.1. The van der Waals surface area contributed by atoms with Crippen LogP contribution in [0.1, 0.15) is 32.4 Å². The molecule has 0 saturated heterocycles. The lowest BCUT2D eigenvalue weighted by molar-refractivity contribution is -0.0301. The number of hydrogen-bond donors (Lipinski definition) is 2. The number of aromatic nitrogens is 4. The number of nitrogens with one attached hydrogen (secondary N) is 1. The molecule has 23 heavy (non-hydrogen) atoms. The summed E-state index contributed by atoms with van der Waals surface area (Å²) in [7, 11) is 0. The van der Waals surface area contributed by atoms with Crippen molar-refractivity contribution >= 4 is 18.3 Å². The molecule has 1 atom stereocenters. The predicted octanol–water partition coefficient (Wildman–Crippen LogP) is 3.11. The molecule has 3 rings (SSSR count). The van der Waals surface area contributed by atoms with Crippen LogP contribution in [0.25, 0.3) is 6.08 Å². The van der Waals surface area contributed by atoms with Gasteiger partial charge >= 0.3 is 0 Å². The third-order valence-corrected chi connectivity index (χ3v) is 5.07. The van der Waals surface area contributed by atoms with Gasteiger partial charge in [0.25, 0.3) is 0 Å². The third-order valence-electron chi connectivity index (χ3n) is 4.75. The Morgan fingerprint density at radius 1 is 1.43 bits per heavy atom. The Morgan fingerprint density at radius 2 is 2.22 bits per heavy atom. The van der Waals surface area contributed by atoms with Gasteiger partial charge in [-0.1, -0.05) is 13.8 Å². The van der Waals surface area contributed by atoms with Crippen LogP contribution in [0, 0.1) is 16.0 Å². The number of nitrogens with zero attached hydrogens (tertiary/aromatic N) is 3. The maximum Gasteiger partial charge on any atom is 0.215 e.